The van der Waals surface area contributed by atoms with E-state index < -0.39 is 120 Å². The smallest absolute Gasteiger partial charge is 0.462 e. The Balaban J connectivity index is 2.26. The largest absolute Gasteiger partial charge is 0.472 e. The van der Waals surface area contributed by atoms with E-state index in [-0.39, 0.29) is 32.1 Å². The molecular formula is C49H84O19P2. The molecule has 1 aliphatic heterocycles. The maximum absolute atomic E-state index is 13.7. The molecule has 19 nitrogen and oxygen atoms in total. The molecule has 404 valence electrons. The molecule has 2 aliphatic rings. The quantitative estimate of drug-likeness (QED) is 0.0222. The van der Waals surface area contributed by atoms with Gasteiger partial charge in [0, 0.05) is 31.1 Å². The molecule has 70 heavy (non-hydrogen) atoms. The van der Waals surface area contributed by atoms with Crippen LogP contribution in [0.5, 0.6) is 0 Å². The third-order valence-electron chi connectivity index (χ3n) is 12.2. The summed E-state index contributed by atoms with van der Waals surface area (Å²) in [5.74, 6) is -4.40. The number of fused-ring (bicyclic) bond motifs is 4. The Labute approximate surface area is 414 Å². The zero-order chi connectivity index (χ0) is 52.0. The van der Waals surface area contributed by atoms with Gasteiger partial charge < -0.3 is 59.9 Å². The molecular weight excluding hydrogens is 954 g/mol. The number of hydrogen-bond acceptors (Lipinski definition) is 16. The van der Waals surface area contributed by atoms with Crippen LogP contribution in [-0.4, -0.2) is 137 Å². The Morgan fingerprint density at radius 2 is 1.44 bits per heavy atom. The number of hydrogen-bond donors (Lipinski definition) is 10. The molecule has 0 aromatic heterocycles. The lowest BCUT2D eigenvalue weighted by Crippen LogP contribution is -2.56. The minimum atomic E-state index is -5.76. The number of aliphatic hydroxyl groups is 7. The highest BCUT2D eigenvalue weighted by Gasteiger charge is 2.51. The van der Waals surface area contributed by atoms with Gasteiger partial charge in [-0.15, -0.1) is 0 Å². The second-order valence-corrected chi connectivity index (χ2v) is 20.7. The summed E-state index contributed by atoms with van der Waals surface area (Å²) in [6.45, 7) is 2.47. The lowest BCUT2D eigenvalue weighted by molar-refractivity contribution is -0.166. The number of esters is 2. The molecule has 2 rings (SSSR count). The van der Waals surface area contributed by atoms with Gasteiger partial charge in [0.25, 0.3) is 0 Å². The van der Waals surface area contributed by atoms with Crippen molar-refractivity contribution in [2.24, 2.45) is 11.8 Å². The number of phosphoric ester groups is 2. The van der Waals surface area contributed by atoms with Crippen molar-refractivity contribution in [3.8, 4) is 0 Å². The molecule has 21 heteroatoms. The molecule has 1 saturated carbocycles. The van der Waals surface area contributed by atoms with Crippen LogP contribution >= 0.6 is 15.6 Å². The molecule has 0 spiro atoms. The van der Waals surface area contributed by atoms with Gasteiger partial charge in [0.15, 0.2) is 6.10 Å². The number of allylic oxidation sites excluding steroid dienone is 8. The molecule has 1 saturated heterocycles. The normalized spacial score (nSPS) is 31.4. The van der Waals surface area contributed by atoms with Crippen LogP contribution in [0.25, 0.3) is 0 Å². The molecule has 0 amide bonds. The minimum absolute atomic E-state index is 0.0303. The molecule has 1 aliphatic carbocycles. The van der Waals surface area contributed by atoms with Gasteiger partial charge in [-0.1, -0.05) is 126 Å². The number of cyclic esters (lactones) is 1. The van der Waals surface area contributed by atoms with Crippen molar-refractivity contribution < 1.29 is 92.2 Å². The van der Waals surface area contributed by atoms with Crippen LogP contribution in [0.15, 0.2) is 60.8 Å². The first-order valence-electron chi connectivity index (χ1n) is 25.1. The summed E-state index contributed by atoms with van der Waals surface area (Å²) in [6, 6.07) is 0. The monoisotopic (exact) mass is 1040 g/mol. The molecule has 0 radical (unpaired) electrons. The van der Waals surface area contributed by atoms with Crippen LogP contribution in [0, 0.1) is 11.8 Å². The van der Waals surface area contributed by atoms with Crippen molar-refractivity contribution in [1.82, 2.24) is 0 Å². The number of carbonyl (C=O) groups is 2. The Bertz CT molecular complexity index is 1700. The average Bonchev–Trinajstić information content (AvgIpc) is 3.30. The molecule has 2 bridgehead atoms. The lowest BCUT2D eigenvalue weighted by Gasteiger charge is -2.39. The van der Waals surface area contributed by atoms with E-state index in [9.17, 15) is 69.1 Å². The van der Waals surface area contributed by atoms with E-state index in [1.807, 2.05) is 6.92 Å². The third-order valence-corrected chi connectivity index (χ3v) is 13.7. The Kier molecular flexibility index (Phi) is 32.5. The maximum atomic E-state index is 13.7. The van der Waals surface area contributed by atoms with Crippen LogP contribution in [0.4, 0.5) is 0 Å². The van der Waals surface area contributed by atoms with Crippen LogP contribution in [-0.2, 0) is 41.8 Å². The zero-order valence-electron chi connectivity index (χ0n) is 41.0. The summed E-state index contributed by atoms with van der Waals surface area (Å²) in [5, 5.41) is 79.8. The highest BCUT2D eigenvalue weighted by atomic mass is 31.2. The van der Waals surface area contributed by atoms with Gasteiger partial charge in [-0.25, -0.2) is 9.13 Å². The fourth-order valence-corrected chi connectivity index (χ4v) is 9.75. The van der Waals surface area contributed by atoms with Crippen LogP contribution in [0.3, 0.4) is 0 Å². The fraction of sp³-hybridized carbons (Fsp3) is 0.755. The second kappa shape index (κ2) is 35.7. The lowest BCUT2D eigenvalue weighted by atomic mass is 9.82. The van der Waals surface area contributed by atoms with Crippen molar-refractivity contribution in [3.05, 3.63) is 60.8 Å². The second-order valence-electron chi connectivity index (χ2n) is 18.1. The molecule has 0 aromatic carbocycles. The van der Waals surface area contributed by atoms with Crippen LogP contribution in [0.2, 0.25) is 0 Å². The van der Waals surface area contributed by atoms with E-state index in [1.165, 1.54) is 6.08 Å². The van der Waals surface area contributed by atoms with E-state index in [4.69, 9.17) is 23.0 Å². The van der Waals surface area contributed by atoms with Gasteiger partial charge >= 0.3 is 27.6 Å². The number of ether oxygens (including phenoxy) is 2. The first-order valence-corrected chi connectivity index (χ1v) is 28.1. The number of aliphatic hydroxyl groups excluding tert-OH is 7. The highest BCUT2D eigenvalue weighted by Crippen LogP contribution is 2.50. The predicted molar refractivity (Wildman–Crippen MR) is 261 cm³/mol. The number of phosphoric acid groups is 2. The van der Waals surface area contributed by atoms with Crippen LogP contribution < -0.4 is 0 Å². The van der Waals surface area contributed by atoms with E-state index in [2.05, 4.69) is 55.5 Å². The SMILES string of the molecule is CC/C=C\C/C=C\C/C=C\C/C=C\CCCCCCC(=O)OC[C@@H]1COP(=O)(O)O[C@H]2[C@H](O)[C@@H](O)[C@H](O)[C@@H](CCCCCCC(=O)O1)[C@@H](O)C[C@@H](O)[C@H](C=C[C@@H](O)CCCCC)[C@@H](O)[C@H]2OP(=O)(O)O. The zero-order valence-corrected chi connectivity index (χ0v) is 42.8. The van der Waals surface area contributed by atoms with Gasteiger partial charge in [0.2, 0.25) is 0 Å². The molecule has 1 heterocycles. The van der Waals surface area contributed by atoms with E-state index >= 15 is 0 Å². The summed E-state index contributed by atoms with van der Waals surface area (Å²) >= 11 is 0. The van der Waals surface area contributed by atoms with Gasteiger partial charge in [-0.2, -0.15) is 0 Å². The topological polar surface area (TPSA) is 317 Å². The first-order chi connectivity index (χ1) is 33.3. The summed E-state index contributed by atoms with van der Waals surface area (Å²) < 4.78 is 52.2. The van der Waals surface area contributed by atoms with Crippen molar-refractivity contribution in [3.63, 3.8) is 0 Å². The van der Waals surface area contributed by atoms with Gasteiger partial charge in [-0.3, -0.25) is 23.2 Å². The van der Waals surface area contributed by atoms with Crippen molar-refractivity contribution in [2.45, 2.75) is 210 Å². The van der Waals surface area contributed by atoms with Crippen molar-refractivity contribution in [2.75, 3.05) is 13.2 Å². The summed E-state index contributed by atoms with van der Waals surface area (Å²) in [7, 11) is -11.4. The maximum Gasteiger partial charge on any atom is 0.472 e. The molecule has 2 fully saturated rings. The van der Waals surface area contributed by atoms with E-state index in [1.54, 1.807) is 0 Å². The summed E-state index contributed by atoms with van der Waals surface area (Å²) in [6.07, 6.45) is 9.51. The standard InChI is InChI=1S/C49H84O19P2/c1-3-5-7-8-9-10-11-12-13-14-15-16-17-18-19-20-25-29-42(53)64-34-37-35-65-70(62,63)68-49-47(58)46(57)44(55)38(28-24-21-22-26-30-43(54)66-37)40(51)33-41(52)39(32-31-36(50)27-23-6-4-2)45(56)48(49)67-69(59,60)61/h5,7,9-10,12-13,15-16,31-32,36-41,44-52,55-58H,3-4,6,8,11,14,17-30,33-35H2,1-2H3,(H,62,63)(H2,59,60,61)/b7-5-,10-9-,13-12-,16-15-,32-31?/t36-,37+,38-,39-,40-,41+,44+,45+,46-,47+,48+,49-/m0/s1. The number of unbranched alkanes of at least 4 members (excludes halogenated alkanes) is 6. The fourth-order valence-electron chi connectivity index (χ4n) is 8.22. The predicted octanol–water partition coefficient (Wildman–Crippen LogP) is 6.22. The molecule has 13 atom stereocenters. The Morgan fingerprint density at radius 1 is 0.800 bits per heavy atom. The molecule has 0 aromatic rings. The van der Waals surface area contributed by atoms with Gasteiger partial charge in [-0.05, 0) is 64.2 Å². The van der Waals surface area contributed by atoms with E-state index in [0.717, 1.165) is 70.3 Å². The molecule has 1 unspecified atom stereocenters. The molecule has 10 N–H and O–H groups in total. The minimum Gasteiger partial charge on any atom is -0.462 e. The van der Waals surface area contributed by atoms with Gasteiger partial charge in [0.1, 0.15) is 31.0 Å². The van der Waals surface area contributed by atoms with Crippen molar-refractivity contribution in [1.29, 1.82) is 0 Å². The number of rotatable bonds is 24. The van der Waals surface area contributed by atoms with Crippen LogP contribution in [0.1, 0.15) is 149 Å². The average molecular weight is 1040 g/mol. The van der Waals surface area contributed by atoms with Crippen molar-refractivity contribution >= 4 is 27.6 Å². The Hall–Kier alpha value is -2.42. The van der Waals surface area contributed by atoms with E-state index in [0.29, 0.717) is 32.1 Å². The number of carbonyl (C=O) groups excluding carboxylic acids is 2. The first kappa shape index (κ1) is 63.7. The highest BCUT2D eigenvalue weighted by molar-refractivity contribution is 7.47. The summed E-state index contributed by atoms with van der Waals surface area (Å²) in [5.41, 5.74) is 0. The van der Waals surface area contributed by atoms with Gasteiger partial charge in [0.05, 0.1) is 37.1 Å². The third kappa shape index (κ3) is 27.0. The Morgan fingerprint density at radius 3 is 2.10 bits per heavy atom. The summed E-state index contributed by atoms with van der Waals surface area (Å²) in [4.78, 5) is 56.8.